The standard InChI is InChI=1S/C16H12N4OS2/c1-20-8-6-12(19-20)14(21)18-15-10(7-9-22-15)16-17-11-4-2-3-5-13(11)23-16/h2-9H,1H3,(H,18,21). The Bertz CT molecular complexity index is 965. The third kappa shape index (κ3) is 2.64. The van der Waals surface area contributed by atoms with Gasteiger partial charge in [-0.1, -0.05) is 12.1 Å². The van der Waals surface area contributed by atoms with Crippen molar-refractivity contribution >= 4 is 43.8 Å². The van der Waals surface area contributed by atoms with Gasteiger partial charge in [-0.25, -0.2) is 4.98 Å². The van der Waals surface area contributed by atoms with Crippen molar-refractivity contribution in [1.29, 1.82) is 0 Å². The van der Waals surface area contributed by atoms with Crippen molar-refractivity contribution < 1.29 is 4.79 Å². The molecule has 0 fully saturated rings. The molecule has 0 aliphatic rings. The van der Waals surface area contributed by atoms with Crippen LogP contribution >= 0.6 is 22.7 Å². The van der Waals surface area contributed by atoms with E-state index in [0.717, 1.165) is 25.8 Å². The molecule has 3 aromatic heterocycles. The number of hydrogen-bond donors (Lipinski definition) is 1. The molecule has 0 aliphatic carbocycles. The molecule has 0 saturated carbocycles. The molecule has 23 heavy (non-hydrogen) atoms. The Morgan fingerprint density at radius 1 is 1.22 bits per heavy atom. The van der Waals surface area contributed by atoms with Crippen LogP contribution in [0.1, 0.15) is 10.5 Å². The normalized spacial score (nSPS) is 11.0. The first-order valence-corrected chi connectivity index (χ1v) is 8.65. The van der Waals surface area contributed by atoms with Crippen LogP contribution < -0.4 is 5.32 Å². The summed E-state index contributed by atoms with van der Waals surface area (Å²) >= 11 is 3.10. The Morgan fingerprint density at radius 2 is 2.09 bits per heavy atom. The largest absolute Gasteiger partial charge is 0.312 e. The molecule has 0 unspecified atom stereocenters. The molecule has 0 spiro atoms. The zero-order valence-electron chi connectivity index (χ0n) is 12.2. The number of carbonyl (C=O) groups excluding carboxylic acids is 1. The zero-order chi connectivity index (χ0) is 15.8. The highest BCUT2D eigenvalue weighted by molar-refractivity contribution is 7.22. The molecule has 1 amide bonds. The van der Waals surface area contributed by atoms with E-state index < -0.39 is 0 Å². The maximum atomic E-state index is 12.3. The third-order valence-corrected chi connectivity index (χ3v) is 5.26. The molecule has 0 atom stereocenters. The maximum absolute atomic E-state index is 12.3. The van der Waals surface area contributed by atoms with Gasteiger partial charge in [0.25, 0.3) is 5.91 Å². The van der Waals surface area contributed by atoms with Crippen LogP contribution in [-0.4, -0.2) is 20.7 Å². The molecule has 0 saturated heterocycles. The molecule has 4 rings (SSSR count). The number of carbonyl (C=O) groups is 1. The van der Waals surface area contributed by atoms with Crippen LogP contribution in [0.5, 0.6) is 0 Å². The lowest BCUT2D eigenvalue weighted by Crippen LogP contribution is -2.12. The van der Waals surface area contributed by atoms with Crippen LogP contribution in [0.15, 0.2) is 48.0 Å². The minimum Gasteiger partial charge on any atom is -0.312 e. The Kier molecular flexibility index (Phi) is 3.44. The fraction of sp³-hybridized carbons (Fsp3) is 0.0625. The molecule has 0 aliphatic heterocycles. The second kappa shape index (κ2) is 5.60. The molecule has 0 bridgehead atoms. The first-order chi connectivity index (χ1) is 11.2. The summed E-state index contributed by atoms with van der Waals surface area (Å²) in [6, 6.07) is 11.7. The Hall–Kier alpha value is -2.51. The SMILES string of the molecule is Cn1ccc(C(=O)Nc2sccc2-c2nc3ccccc3s2)n1. The van der Waals surface area contributed by atoms with Crippen molar-refractivity contribution in [2.24, 2.45) is 7.05 Å². The third-order valence-electron chi connectivity index (χ3n) is 3.36. The summed E-state index contributed by atoms with van der Waals surface area (Å²) in [5.41, 5.74) is 2.32. The first kappa shape index (κ1) is 14.1. The Labute approximate surface area is 140 Å². The minimum atomic E-state index is -0.213. The fourth-order valence-electron chi connectivity index (χ4n) is 2.27. The number of para-hydroxylation sites is 1. The topological polar surface area (TPSA) is 59.8 Å². The number of nitrogens with one attached hydrogen (secondary N) is 1. The zero-order valence-corrected chi connectivity index (χ0v) is 13.8. The first-order valence-electron chi connectivity index (χ1n) is 6.95. The molecule has 3 heterocycles. The molecular formula is C16H12N4OS2. The summed E-state index contributed by atoms with van der Waals surface area (Å²) in [5.74, 6) is -0.213. The number of amides is 1. The van der Waals surface area contributed by atoms with Gasteiger partial charge in [0.2, 0.25) is 0 Å². The summed E-state index contributed by atoms with van der Waals surface area (Å²) in [6.45, 7) is 0. The van der Waals surface area contributed by atoms with Gasteiger partial charge in [-0.2, -0.15) is 5.10 Å². The highest BCUT2D eigenvalue weighted by Crippen LogP contribution is 2.37. The van der Waals surface area contributed by atoms with Gasteiger partial charge in [-0.05, 0) is 29.6 Å². The average molecular weight is 340 g/mol. The molecule has 0 radical (unpaired) electrons. The van der Waals surface area contributed by atoms with Crippen LogP contribution in [0.2, 0.25) is 0 Å². The van der Waals surface area contributed by atoms with Gasteiger partial charge in [0.1, 0.15) is 10.0 Å². The summed E-state index contributed by atoms with van der Waals surface area (Å²) in [7, 11) is 1.79. The number of fused-ring (bicyclic) bond motifs is 1. The lowest BCUT2D eigenvalue weighted by Gasteiger charge is -2.02. The molecule has 1 aromatic carbocycles. The molecule has 5 nitrogen and oxygen atoms in total. The van der Waals surface area contributed by atoms with Gasteiger partial charge in [0.05, 0.1) is 10.2 Å². The van der Waals surface area contributed by atoms with Gasteiger partial charge in [-0.15, -0.1) is 22.7 Å². The number of thiophene rings is 1. The predicted octanol–water partition coefficient (Wildman–Crippen LogP) is 4.01. The van der Waals surface area contributed by atoms with Gasteiger partial charge in [-0.3, -0.25) is 9.48 Å². The molecule has 114 valence electrons. The fourth-order valence-corrected chi connectivity index (χ4v) is 4.11. The van der Waals surface area contributed by atoms with E-state index in [1.54, 1.807) is 35.3 Å². The van der Waals surface area contributed by atoms with E-state index in [1.807, 2.05) is 29.6 Å². The minimum absolute atomic E-state index is 0.213. The average Bonchev–Trinajstić information content (AvgIpc) is 3.25. The number of benzene rings is 1. The monoisotopic (exact) mass is 340 g/mol. The quantitative estimate of drug-likeness (QED) is 0.613. The van der Waals surface area contributed by atoms with E-state index in [-0.39, 0.29) is 5.91 Å². The van der Waals surface area contributed by atoms with Crippen molar-refractivity contribution in [2.75, 3.05) is 5.32 Å². The van der Waals surface area contributed by atoms with Crippen LogP contribution in [-0.2, 0) is 7.05 Å². The highest BCUT2D eigenvalue weighted by atomic mass is 32.1. The second-order valence-corrected chi connectivity index (χ2v) is 6.93. The number of aromatic nitrogens is 3. The van der Waals surface area contributed by atoms with Crippen molar-refractivity contribution in [2.45, 2.75) is 0 Å². The predicted molar refractivity (Wildman–Crippen MR) is 94.1 cm³/mol. The second-order valence-electron chi connectivity index (χ2n) is 4.98. The molecular weight excluding hydrogens is 328 g/mol. The number of anilines is 1. The lowest BCUT2D eigenvalue weighted by atomic mass is 10.3. The molecule has 4 aromatic rings. The van der Waals surface area contributed by atoms with Crippen molar-refractivity contribution in [1.82, 2.24) is 14.8 Å². The van der Waals surface area contributed by atoms with E-state index in [2.05, 4.69) is 21.5 Å². The summed E-state index contributed by atoms with van der Waals surface area (Å²) < 4.78 is 2.74. The van der Waals surface area contributed by atoms with Crippen LogP contribution in [0.4, 0.5) is 5.00 Å². The van der Waals surface area contributed by atoms with Crippen molar-refractivity contribution in [3.8, 4) is 10.6 Å². The Balaban J connectivity index is 1.66. The van der Waals surface area contributed by atoms with Gasteiger partial charge < -0.3 is 5.32 Å². The van der Waals surface area contributed by atoms with Gasteiger partial charge in [0.15, 0.2) is 5.69 Å². The summed E-state index contributed by atoms with van der Waals surface area (Å²) in [4.78, 5) is 16.9. The molecule has 7 heteroatoms. The van der Waals surface area contributed by atoms with Gasteiger partial charge in [0, 0.05) is 18.8 Å². The molecule has 1 N–H and O–H groups in total. The van der Waals surface area contributed by atoms with Gasteiger partial charge >= 0.3 is 0 Å². The number of thiazole rings is 1. The smallest absolute Gasteiger partial charge is 0.276 e. The summed E-state index contributed by atoms with van der Waals surface area (Å²) in [6.07, 6.45) is 1.75. The number of hydrogen-bond acceptors (Lipinski definition) is 5. The van der Waals surface area contributed by atoms with Crippen LogP contribution in [0, 0.1) is 0 Å². The van der Waals surface area contributed by atoms with E-state index >= 15 is 0 Å². The van der Waals surface area contributed by atoms with Crippen molar-refractivity contribution in [3.63, 3.8) is 0 Å². The lowest BCUT2D eigenvalue weighted by molar-refractivity contribution is 0.102. The highest BCUT2D eigenvalue weighted by Gasteiger charge is 2.16. The summed E-state index contributed by atoms with van der Waals surface area (Å²) in [5, 5.41) is 10.7. The number of aryl methyl sites for hydroxylation is 1. The number of rotatable bonds is 3. The van der Waals surface area contributed by atoms with E-state index in [1.165, 1.54) is 11.3 Å². The number of nitrogens with zero attached hydrogens (tertiary/aromatic N) is 3. The van der Waals surface area contributed by atoms with Crippen LogP contribution in [0.25, 0.3) is 20.8 Å². The van der Waals surface area contributed by atoms with Crippen LogP contribution in [0.3, 0.4) is 0 Å². The van der Waals surface area contributed by atoms with Crippen molar-refractivity contribution in [3.05, 3.63) is 53.7 Å². The van der Waals surface area contributed by atoms with E-state index in [4.69, 9.17) is 0 Å². The Morgan fingerprint density at radius 3 is 2.87 bits per heavy atom. The maximum Gasteiger partial charge on any atom is 0.276 e. The van der Waals surface area contributed by atoms with E-state index in [0.29, 0.717) is 5.69 Å². The van der Waals surface area contributed by atoms with E-state index in [9.17, 15) is 4.79 Å².